The number of anilines is 1. The topological polar surface area (TPSA) is 59.3 Å². The Morgan fingerprint density at radius 1 is 1.04 bits per heavy atom. The fourth-order valence-electron chi connectivity index (χ4n) is 2.31. The van der Waals surface area contributed by atoms with E-state index in [2.05, 4.69) is 5.32 Å². The third-order valence-corrected chi connectivity index (χ3v) is 3.43. The Labute approximate surface area is 133 Å². The normalized spacial score (nSPS) is 10.3. The fraction of sp³-hybridized carbons (Fsp3) is 0.0526. The van der Waals surface area contributed by atoms with Gasteiger partial charge in [0.05, 0.1) is 0 Å². The summed E-state index contributed by atoms with van der Waals surface area (Å²) in [4.78, 5) is 23.0. The summed E-state index contributed by atoms with van der Waals surface area (Å²) in [5, 5.41) is 2.87. The van der Waals surface area contributed by atoms with Gasteiger partial charge in [-0.3, -0.25) is 9.59 Å². The Morgan fingerprint density at radius 2 is 1.87 bits per heavy atom. The number of carbonyl (C=O) groups excluding carboxylic acids is 2. The maximum absolute atomic E-state index is 12.3. The minimum atomic E-state index is -0.168. The molecule has 0 aliphatic carbocycles. The maximum Gasteiger partial charge on any atom is 0.255 e. The molecule has 0 spiro atoms. The molecule has 1 heterocycles. The van der Waals surface area contributed by atoms with Gasteiger partial charge in [-0.15, -0.1) is 0 Å². The van der Waals surface area contributed by atoms with Crippen LogP contribution < -0.4 is 5.32 Å². The molecule has 0 saturated heterocycles. The number of aldehydes is 1. The summed E-state index contributed by atoms with van der Waals surface area (Å²) in [6.07, 6.45) is 0.660. The molecule has 2 aromatic carbocycles. The number of hydrogen-bond acceptors (Lipinski definition) is 3. The number of hydrogen-bond donors (Lipinski definition) is 1. The van der Waals surface area contributed by atoms with E-state index in [0.717, 1.165) is 11.1 Å². The van der Waals surface area contributed by atoms with E-state index in [1.54, 1.807) is 30.3 Å². The fourth-order valence-corrected chi connectivity index (χ4v) is 2.31. The minimum Gasteiger partial charge on any atom is -0.453 e. The first-order chi connectivity index (χ1) is 11.2. The number of aryl methyl sites for hydroxylation is 1. The maximum atomic E-state index is 12.3. The molecule has 4 heteroatoms. The van der Waals surface area contributed by atoms with E-state index in [0.29, 0.717) is 23.3 Å². The summed E-state index contributed by atoms with van der Waals surface area (Å²) in [6.45, 7) is 1.94. The van der Waals surface area contributed by atoms with Crippen LogP contribution in [0.5, 0.6) is 0 Å². The van der Waals surface area contributed by atoms with Crippen molar-refractivity contribution in [2.45, 2.75) is 6.92 Å². The summed E-state index contributed by atoms with van der Waals surface area (Å²) in [5.41, 5.74) is 3.10. The smallest absolute Gasteiger partial charge is 0.255 e. The van der Waals surface area contributed by atoms with Crippen LogP contribution in [0.15, 0.2) is 65.1 Å². The van der Waals surface area contributed by atoms with Crippen molar-refractivity contribution in [2.24, 2.45) is 0 Å². The highest BCUT2D eigenvalue weighted by Crippen LogP contribution is 2.24. The lowest BCUT2D eigenvalue weighted by Crippen LogP contribution is -2.11. The molecule has 0 fully saturated rings. The molecule has 0 aliphatic rings. The van der Waals surface area contributed by atoms with Gasteiger partial charge in [-0.2, -0.15) is 0 Å². The van der Waals surface area contributed by atoms with Crippen LogP contribution in [0.25, 0.3) is 11.3 Å². The lowest BCUT2D eigenvalue weighted by atomic mass is 10.1. The Kier molecular flexibility index (Phi) is 4.06. The molecular formula is C19H15NO3. The third kappa shape index (κ3) is 3.37. The predicted octanol–water partition coefficient (Wildman–Crippen LogP) is 4.32. The summed E-state index contributed by atoms with van der Waals surface area (Å²) in [5.74, 6) is 0.687. The SMILES string of the molecule is Cc1cccc(C(=O)Nc2cccc(-c3ccc(C=O)o3)c2)c1. The number of nitrogens with one attached hydrogen (secondary N) is 1. The molecule has 23 heavy (non-hydrogen) atoms. The molecule has 1 N–H and O–H groups in total. The molecule has 1 amide bonds. The minimum absolute atomic E-state index is 0.168. The van der Waals surface area contributed by atoms with Gasteiger partial charge in [-0.05, 0) is 43.3 Å². The van der Waals surface area contributed by atoms with Crippen LogP contribution in [0, 0.1) is 6.92 Å². The quantitative estimate of drug-likeness (QED) is 0.730. The molecule has 0 radical (unpaired) electrons. The summed E-state index contributed by atoms with van der Waals surface area (Å²) in [6, 6.07) is 18.0. The molecule has 0 bridgehead atoms. The van der Waals surface area contributed by atoms with Crippen molar-refractivity contribution in [1.29, 1.82) is 0 Å². The Balaban J connectivity index is 1.82. The van der Waals surface area contributed by atoms with E-state index in [-0.39, 0.29) is 11.7 Å². The van der Waals surface area contributed by atoms with Crippen LogP contribution in [0.4, 0.5) is 5.69 Å². The van der Waals surface area contributed by atoms with Crippen molar-refractivity contribution < 1.29 is 14.0 Å². The van der Waals surface area contributed by atoms with Crippen LogP contribution in [0.3, 0.4) is 0 Å². The first kappa shape index (κ1) is 14.8. The molecule has 1 aromatic heterocycles. The Hall–Kier alpha value is -3.14. The molecular weight excluding hydrogens is 290 g/mol. The van der Waals surface area contributed by atoms with Crippen LogP contribution in [0.1, 0.15) is 26.5 Å². The van der Waals surface area contributed by atoms with E-state index >= 15 is 0 Å². The lowest BCUT2D eigenvalue weighted by molar-refractivity contribution is 0.102. The van der Waals surface area contributed by atoms with Gasteiger partial charge in [0.15, 0.2) is 12.0 Å². The summed E-state index contributed by atoms with van der Waals surface area (Å²) >= 11 is 0. The second-order valence-electron chi connectivity index (χ2n) is 5.22. The van der Waals surface area contributed by atoms with Crippen molar-refractivity contribution in [3.63, 3.8) is 0 Å². The molecule has 0 aliphatic heterocycles. The van der Waals surface area contributed by atoms with Crippen LogP contribution in [0.2, 0.25) is 0 Å². The first-order valence-corrected chi connectivity index (χ1v) is 7.19. The summed E-state index contributed by atoms with van der Waals surface area (Å²) in [7, 11) is 0. The van der Waals surface area contributed by atoms with E-state index in [9.17, 15) is 9.59 Å². The average molecular weight is 305 g/mol. The monoisotopic (exact) mass is 305 g/mol. The van der Waals surface area contributed by atoms with Crippen molar-refractivity contribution in [3.8, 4) is 11.3 Å². The van der Waals surface area contributed by atoms with Gasteiger partial charge in [0, 0.05) is 16.8 Å². The average Bonchev–Trinajstić information content (AvgIpc) is 3.04. The van der Waals surface area contributed by atoms with Gasteiger partial charge in [-0.1, -0.05) is 29.8 Å². The zero-order chi connectivity index (χ0) is 16.2. The van der Waals surface area contributed by atoms with Crippen molar-refractivity contribution in [1.82, 2.24) is 0 Å². The van der Waals surface area contributed by atoms with Gasteiger partial charge in [0.1, 0.15) is 5.76 Å². The van der Waals surface area contributed by atoms with E-state index in [1.807, 2.05) is 37.3 Å². The van der Waals surface area contributed by atoms with E-state index in [1.165, 1.54) is 0 Å². The molecule has 3 aromatic rings. The van der Waals surface area contributed by atoms with Crippen molar-refractivity contribution in [2.75, 3.05) is 5.32 Å². The lowest BCUT2D eigenvalue weighted by Gasteiger charge is -2.07. The van der Waals surface area contributed by atoms with Gasteiger partial charge in [0.25, 0.3) is 5.91 Å². The second-order valence-corrected chi connectivity index (χ2v) is 5.22. The van der Waals surface area contributed by atoms with Gasteiger partial charge >= 0.3 is 0 Å². The van der Waals surface area contributed by atoms with Crippen LogP contribution in [-0.2, 0) is 0 Å². The second kappa shape index (κ2) is 6.32. The zero-order valence-electron chi connectivity index (χ0n) is 12.6. The summed E-state index contributed by atoms with van der Waals surface area (Å²) < 4.78 is 5.40. The zero-order valence-corrected chi connectivity index (χ0v) is 12.6. The molecule has 114 valence electrons. The van der Waals surface area contributed by atoms with Crippen molar-refractivity contribution >= 4 is 17.9 Å². The predicted molar refractivity (Wildman–Crippen MR) is 88.7 cm³/mol. The number of benzene rings is 2. The van der Waals surface area contributed by atoms with E-state index < -0.39 is 0 Å². The van der Waals surface area contributed by atoms with Crippen LogP contribution >= 0.6 is 0 Å². The highest BCUT2D eigenvalue weighted by atomic mass is 16.3. The largest absolute Gasteiger partial charge is 0.453 e. The Bertz CT molecular complexity index is 864. The molecule has 0 unspecified atom stereocenters. The van der Waals surface area contributed by atoms with Gasteiger partial charge in [-0.25, -0.2) is 0 Å². The molecule has 0 atom stereocenters. The highest BCUT2D eigenvalue weighted by Gasteiger charge is 2.08. The number of amides is 1. The standard InChI is InChI=1S/C19H15NO3/c1-13-4-2-6-15(10-13)19(22)20-16-7-3-5-14(11-16)18-9-8-17(12-21)23-18/h2-12H,1H3,(H,20,22). The van der Waals surface area contributed by atoms with Gasteiger partial charge < -0.3 is 9.73 Å². The third-order valence-electron chi connectivity index (χ3n) is 3.43. The first-order valence-electron chi connectivity index (χ1n) is 7.19. The number of rotatable bonds is 4. The number of carbonyl (C=O) groups is 2. The Morgan fingerprint density at radius 3 is 2.61 bits per heavy atom. The molecule has 3 rings (SSSR count). The molecule has 0 saturated carbocycles. The van der Waals surface area contributed by atoms with E-state index in [4.69, 9.17) is 4.42 Å². The number of furan rings is 1. The molecule has 4 nitrogen and oxygen atoms in total. The van der Waals surface area contributed by atoms with Crippen molar-refractivity contribution in [3.05, 3.63) is 77.6 Å². The van der Waals surface area contributed by atoms with Crippen LogP contribution in [-0.4, -0.2) is 12.2 Å². The van der Waals surface area contributed by atoms with Gasteiger partial charge in [0.2, 0.25) is 0 Å². The highest BCUT2D eigenvalue weighted by molar-refractivity contribution is 6.04.